The molecule has 1 atom stereocenters. The summed E-state index contributed by atoms with van der Waals surface area (Å²) in [6.07, 6.45) is 3.77. The van der Waals surface area contributed by atoms with Crippen LogP contribution in [0.25, 0.3) is 0 Å². The molecule has 1 heterocycles. The molecule has 0 radical (unpaired) electrons. The number of guanidine groups is 1. The Morgan fingerprint density at radius 2 is 1.78 bits per heavy atom. The molecule has 170 valence electrons. The van der Waals surface area contributed by atoms with Crippen molar-refractivity contribution in [3.63, 3.8) is 0 Å². The molecule has 0 bridgehead atoms. The molecule has 0 spiro atoms. The van der Waals surface area contributed by atoms with Crippen LogP contribution < -0.4 is 20.1 Å². The summed E-state index contributed by atoms with van der Waals surface area (Å²) in [7, 11) is 1.78. The summed E-state index contributed by atoms with van der Waals surface area (Å²) in [4.78, 5) is 4.40. The molecule has 0 saturated carbocycles. The van der Waals surface area contributed by atoms with Gasteiger partial charge in [-0.25, -0.2) is 0 Å². The summed E-state index contributed by atoms with van der Waals surface area (Å²) in [5, 5.41) is 11.2. The number of rotatable bonds is 10. The highest BCUT2D eigenvalue weighted by Gasteiger charge is 2.13. The summed E-state index contributed by atoms with van der Waals surface area (Å²) >= 11 is 0. The normalized spacial score (nSPS) is 12.3. The molecule has 1 aromatic heterocycles. The van der Waals surface area contributed by atoms with Crippen molar-refractivity contribution in [2.24, 2.45) is 4.99 Å². The van der Waals surface area contributed by atoms with Gasteiger partial charge in [0.25, 0.3) is 0 Å². The minimum absolute atomic E-state index is 0.0374. The standard InChI is InChI=1S/C25H33N5O2/c1-5-31-23-13-12-20(16-24(23)32-6-2)19(3)29-25(26-4)27-17-21-10-7-8-11-22(21)18-30-15-9-14-28-30/h7-16,19H,5-6,17-18H2,1-4H3,(H2,26,27,29). The lowest BCUT2D eigenvalue weighted by atomic mass is 10.1. The molecule has 7 nitrogen and oxygen atoms in total. The van der Waals surface area contributed by atoms with Crippen LogP contribution in [0.1, 0.15) is 43.5 Å². The first-order valence-corrected chi connectivity index (χ1v) is 11.1. The minimum Gasteiger partial charge on any atom is -0.490 e. The maximum Gasteiger partial charge on any atom is 0.191 e. The van der Waals surface area contributed by atoms with E-state index in [-0.39, 0.29) is 6.04 Å². The van der Waals surface area contributed by atoms with Crippen LogP contribution in [-0.4, -0.2) is 36.0 Å². The van der Waals surface area contributed by atoms with Gasteiger partial charge in [-0.2, -0.15) is 5.10 Å². The minimum atomic E-state index is 0.0374. The van der Waals surface area contributed by atoms with E-state index >= 15 is 0 Å². The lowest BCUT2D eigenvalue weighted by Gasteiger charge is -2.20. The van der Waals surface area contributed by atoms with Gasteiger partial charge in [0, 0.05) is 26.0 Å². The number of aromatic nitrogens is 2. The van der Waals surface area contributed by atoms with Gasteiger partial charge < -0.3 is 20.1 Å². The molecule has 32 heavy (non-hydrogen) atoms. The van der Waals surface area contributed by atoms with E-state index in [0.717, 1.165) is 29.6 Å². The number of nitrogens with zero attached hydrogens (tertiary/aromatic N) is 3. The Bertz CT molecular complexity index is 1000. The van der Waals surface area contributed by atoms with E-state index in [1.807, 2.05) is 42.9 Å². The van der Waals surface area contributed by atoms with Gasteiger partial charge in [0.2, 0.25) is 0 Å². The Morgan fingerprint density at radius 1 is 1.03 bits per heavy atom. The summed E-state index contributed by atoms with van der Waals surface area (Å²) in [6, 6.07) is 16.4. The van der Waals surface area contributed by atoms with Crippen molar-refractivity contribution in [2.45, 2.75) is 39.9 Å². The summed E-state index contributed by atoms with van der Waals surface area (Å²) < 4.78 is 13.4. The Kier molecular flexibility index (Phi) is 8.54. The Labute approximate surface area is 190 Å². The SMILES string of the molecule is CCOc1ccc(C(C)NC(=NC)NCc2ccccc2Cn2cccn2)cc1OCC. The average Bonchev–Trinajstić information content (AvgIpc) is 3.32. The van der Waals surface area contributed by atoms with Gasteiger partial charge in [0.1, 0.15) is 0 Å². The number of hydrogen-bond donors (Lipinski definition) is 2. The van der Waals surface area contributed by atoms with Gasteiger partial charge in [-0.1, -0.05) is 30.3 Å². The first-order chi connectivity index (χ1) is 15.6. The molecule has 0 amide bonds. The van der Waals surface area contributed by atoms with Crippen LogP contribution in [0, 0.1) is 0 Å². The Morgan fingerprint density at radius 3 is 2.47 bits per heavy atom. The van der Waals surface area contributed by atoms with Gasteiger partial charge in [-0.15, -0.1) is 0 Å². The molecule has 0 fully saturated rings. The second-order valence-electron chi connectivity index (χ2n) is 7.34. The fraction of sp³-hybridized carbons (Fsp3) is 0.360. The molecule has 2 aromatic carbocycles. The van der Waals surface area contributed by atoms with Crippen LogP contribution in [0.4, 0.5) is 0 Å². The van der Waals surface area contributed by atoms with Crippen molar-refractivity contribution in [1.82, 2.24) is 20.4 Å². The topological polar surface area (TPSA) is 72.7 Å². The molecule has 0 aliphatic heterocycles. The number of aliphatic imine (C=N–C) groups is 1. The van der Waals surface area contributed by atoms with Crippen molar-refractivity contribution in [2.75, 3.05) is 20.3 Å². The third-order valence-corrected chi connectivity index (χ3v) is 5.10. The van der Waals surface area contributed by atoms with E-state index in [9.17, 15) is 0 Å². The zero-order valence-electron chi connectivity index (χ0n) is 19.3. The highest BCUT2D eigenvalue weighted by molar-refractivity contribution is 5.80. The van der Waals surface area contributed by atoms with Crippen molar-refractivity contribution in [1.29, 1.82) is 0 Å². The quantitative estimate of drug-likeness (QED) is 0.370. The highest BCUT2D eigenvalue weighted by atomic mass is 16.5. The second-order valence-corrected chi connectivity index (χ2v) is 7.34. The third kappa shape index (κ3) is 6.26. The molecule has 0 aliphatic rings. The molecule has 2 N–H and O–H groups in total. The second kappa shape index (κ2) is 11.8. The fourth-order valence-electron chi connectivity index (χ4n) is 3.45. The van der Waals surface area contributed by atoms with Crippen LogP contribution in [0.3, 0.4) is 0 Å². The van der Waals surface area contributed by atoms with E-state index in [0.29, 0.717) is 19.8 Å². The smallest absolute Gasteiger partial charge is 0.191 e. The predicted octanol–water partition coefficient (Wildman–Crippen LogP) is 4.16. The predicted molar refractivity (Wildman–Crippen MR) is 128 cm³/mol. The van der Waals surface area contributed by atoms with Crippen LogP contribution in [0.5, 0.6) is 11.5 Å². The summed E-state index contributed by atoms with van der Waals surface area (Å²) in [5.74, 6) is 2.26. The lowest BCUT2D eigenvalue weighted by molar-refractivity contribution is 0.287. The molecular weight excluding hydrogens is 402 g/mol. The van der Waals surface area contributed by atoms with E-state index in [4.69, 9.17) is 9.47 Å². The molecule has 0 aliphatic carbocycles. The lowest BCUT2D eigenvalue weighted by Crippen LogP contribution is -2.38. The van der Waals surface area contributed by atoms with Crippen LogP contribution in [0.15, 0.2) is 65.9 Å². The van der Waals surface area contributed by atoms with E-state index < -0.39 is 0 Å². The van der Waals surface area contributed by atoms with Crippen molar-refractivity contribution < 1.29 is 9.47 Å². The summed E-state index contributed by atoms with van der Waals surface area (Å²) in [6.45, 7) is 8.63. The average molecular weight is 436 g/mol. The van der Waals surface area contributed by atoms with Crippen LogP contribution in [0.2, 0.25) is 0 Å². The van der Waals surface area contributed by atoms with Gasteiger partial charge in [-0.05, 0) is 55.7 Å². The van der Waals surface area contributed by atoms with E-state index in [1.54, 1.807) is 13.2 Å². The number of ether oxygens (including phenoxy) is 2. The van der Waals surface area contributed by atoms with Crippen molar-refractivity contribution in [3.05, 3.63) is 77.6 Å². The zero-order valence-corrected chi connectivity index (χ0v) is 19.3. The maximum atomic E-state index is 5.77. The molecular formula is C25H33N5O2. The van der Waals surface area contributed by atoms with Crippen LogP contribution >= 0.6 is 0 Å². The molecule has 0 saturated heterocycles. The first-order valence-electron chi connectivity index (χ1n) is 11.1. The van der Waals surface area contributed by atoms with E-state index in [2.05, 4.69) is 58.0 Å². The van der Waals surface area contributed by atoms with Gasteiger partial charge in [0.05, 0.1) is 25.8 Å². The maximum absolute atomic E-state index is 5.77. The number of hydrogen-bond acceptors (Lipinski definition) is 4. The van der Waals surface area contributed by atoms with Crippen molar-refractivity contribution >= 4 is 5.96 Å². The van der Waals surface area contributed by atoms with Gasteiger partial charge in [-0.3, -0.25) is 9.67 Å². The van der Waals surface area contributed by atoms with E-state index in [1.165, 1.54) is 11.1 Å². The van der Waals surface area contributed by atoms with Crippen molar-refractivity contribution in [3.8, 4) is 11.5 Å². The highest BCUT2D eigenvalue weighted by Crippen LogP contribution is 2.30. The van der Waals surface area contributed by atoms with Crippen LogP contribution in [-0.2, 0) is 13.1 Å². The molecule has 1 unspecified atom stereocenters. The Balaban J connectivity index is 1.64. The summed E-state index contributed by atoms with van der Waals surface area (Å²) in [5.41, 5.74) is 3.53. The molecule has 3 rings (SSSR count). The number of benzene rings is 2. The largest absolute Gasteiger partial charge is 0.490 e. The van der Waals surface area contributed by atoms with Gasteiger partial charge in [0.15, 0.2) is 17.5 Å². The Hall–Kier alpha value is -3.48. The molecule has 3 aromatic rings. The fourth-order valence-corrected chi connectivity index (χ4v) is 3.45. The first kappa shape index (κ1) is 23.2. The zero-order chi connectivity index (χ0) is 22.8. The number of nitrogens with one attached hydrogen (secondary N) is 2. The molecule has 7 heteroatoms. The monoisotopic (exact) mass is 435 g/mol. The third-order valence-electron chi connectivity index (χ3n) is 5.10. The van der Waals surface area contributed by atoms with Gasteiger partial charge >= 0.3 is 0 Å².